The molecule has 0 fully saturated rings. The third kappa shape index (κ3) is 2.02. The Bertz CT molecular complexity index is 578. The molecule has 2 atom stereocenters. The quantitative estimate of drug-likeness (QED) is 0.623. The number of halogens is 3. The van der Waals surface area contributed by atoms with E-state index in [4.69, 9.17) is 23.2 Å². The average Bonchev–Trinajstić information content (AvgIpc) is 2.67. The van der Waals surface area contributed by atoms with Crippen molar-refractivity contribution in [2.75, 3.05) is 0 Å². The van der Waals surface area contributed by atoms with Crippen molar-refractivity contribution < 1.29 is 4.39 Å². The lowest BCUT2D eigenvalue weighted by Crippen LogP contribution is -1.96. The highest BCUT2D eigenvalue weighted by molar-refractivity contribution is 6.30. The Hall–Kier alpha value is -1.05. The molecule has 18 heavy (non-hydrogen) atoms. The molecule has 0 saturated carbocycles. The molecule has 0 spiro atoms. The fourth-order valence-electron chi connectivity index (χ4n) is 2.60. The van der Waals surface area contributed by atoms with Crippen LogP contribution < -0.4 is 0 Å². The Balaban J connectivity index is 2.06. The van der Waals surface area contributed by atoms with Crippen molar-refractivity contribution in [1.82, 2.24) is 0 Å². The molecule has 0 unspecified atom stereocenters. The average molecular weight is 281 g/mol. The van der Waals surface area contributed by atoms with Gasteiger partial charge in [-0.2, -0.15) is 0 Å². The van der Waals surface area contributed by atoms with Gasteiger partial charge in [0, 0.05) is 10.9 Å². The number of hydrogen-bond acceptors (Lipinski definition) is 0. The maximum atomic E-state index is 13.0. The Morgan fingerprint density at radius 2 is 1.72 bits per heavy atom. The van der Waals surface area contributed by atoms with E-state index < -0.39 is 0 Å². The van der Waals surface area contributed by atoms with E-state index in [1.807, 2.05) is 30.3 Å². The molecule has 1 aliphatic carbocycles. The van der Waals surface area contributed by atoms with Crippen molar-refractivity contribution >= 4 is 23.2 Å². The fraction of sp³-hybridized carbons (Fsp3) is 0.200. The van der Waals surface area contributed by atoms with Gasteiger partial charge in [0.15, 0.2) is 0 Å². The first-order chi connectivity index (χ1) is 8.65. The van der Waals surface area contributed by atoms with Crippen LogP contribution in [-0.2, 0) is 0 Å². The second kappa shape index (κ2) is 4.56. The molecule has 0 bridgehead atoms. The first-order valence-electron chi connectivity index (χ1n) is 5.84. The van der Waals surface area contributed by atoms with Crippen molar-refractivity contribution in [3.63, 3.8) is 0 Å². The van der Waals surface area contributed by atoms with E-state index >= 15 is 0 Å². The molecule has 0 radical (unpaired) electrons. The molecule has 2 aromatic carbocycles. The van der Waals surface area contributed by atoms with Crippen molar-refractivity contribution in [2.45, 2.75) is 17.7 Å². The highest BCUT2D eigenvalue weighted by Crippen LogP contribution is 2.47. The van der Waals surface area contributed by atoms with Crippen LogP contribution in [0, 0.1) is 5.82 Å². The second-order valence-corrected chi connectivity index (χ2v) is 5.54. The fourth-order valence-corrected chi connectivity index (χ4v) is 3.16. The zero-order valence-electron chi connectivity index (χ0n) is 9.54. The smallest absolute Gasteiger partial charge is 0.123 e. The summed E-state index contributed by atoms with van der Waals surface area (Å²) in [5, 5.41) is 0.721. The van der Waals surface area contributed by atoms with Crippen LogP contribution >= 0.6 is 23.2 Å². The van der Waals surface area contributed by atoms with Gasteiger partial charge in [-0.1, -0.05) is 29.8 Å². The van der Waals surface area contributed by atoms with Crippen LogP contribution in [0.5, 0.6) is 0 Å². The minimum atomic E-state index is -0.217. The van der Waals surface area contributed by atoms with Crippen molar-refractivity contribution in [2.24, 2.45) is 0 Å². The van der Waals surface area contributed by atoms with Gasteiger partial charge in [-0.05, 0) is 47.4 Å². The van der Waals surface area contributed by atoms with Gasteiger partial charge in [0.1, 0.15) is 5.82 Å². The molecule has 2 aromatic rings. The third-order valence-corrected chi connectivity index (χ3v) is 4.13. The standard InChI is InChI=1S/C15H11Cl2F/c16-10-3-6-12-14(7-10)13(8-15(12)17)9-1-4-11(18)5-2-9/h1-7,13,15H,8H2/t13-,15-/m1/s1. The van der Waals surface area contributed by atoms with Crippen LogP contribution in [0.2, 0.25) is 5.02 Å². The van der Waals surface area contributed by atoms with E-state index in [2.05, 4.69) is 0 Å². The first kappa shape index (κ1) is 12.0. The Kier molecular flexibility index (Phi) is 3.04. The van der Waals surface area contributed by atoms with Crippen molar-refractivity contribution in [3.8, 4) is 0 Å². The predicted molar refractivity (Wildman–Crippen MR) is 72.9 cm³/mol. The number of alkyl halides is 1. The van der Waals surface area contributed by atoms with Crippen LogP contribution in [-0.4, -0.2) is 0 Å². The van der Waals surface area contributed by atoms with Gasteiger partial charge in [0.05, 0.1) is 5.38 Å². The lowest BCUT2D eigenvalue weighted by atomic mass is 9.93. The Morgan fingerprint density at radius 1 is 1.00 bits per heavy atom. The van der Waals surface area contributed by atoms with E-state index in [0.29, 0.717) is 5.02 Å². The summed E-state index contributed by atoms with van der Waals surface area (Å²) in [5.41, 5.74) is 3.38. The van der Waals surface area contributed by atoms with Crippen LogP contribution in [0.3, 0.4) is 0 Å². The van der Waals surface area contributed by atoms with E-state index in [0.717, 1.165) is 23.1 Å². The third-order valence-electron chi connectivity index (χ3n) is 3.48. The molecule has 92 valence electrons. The maximum absolute atomic E-state index is 13.0. The molecule has 0 nitrogen and oxygen atoms in total. The maximum Gasteiger partial charge on any atom is 0.123 e. The SMILES string of the molecule is Fc1ccc([C@H]2C[C@@H](Cl)c3ccc(Cl)cc32)cc1. The number of benzene rings is 2. The normalized spacial score (nSPS) is 21.9. The molecule has 0 heterocycles. The number of rotatable bonds is 1. The molecular weight excluding hydrogens is 270 g/mol. The van der Waals surface area contributed by atoms with E-state index in [1.165, 1.54) is 12.1 Å². The largest absolute Gasteiger partial charge is 0.207 e. The minimum Gasteiger partial charge on any atom is -0.207 e. The van der Waals surface area contributed by atoms with Crippen LogP contribution in [0.15, 0.2) is 42.5 Å². The molecule has 1 aliphatic rings. The number of fused-ring (bicyclic) bond motifs is 1. The summed E-state index contributed by atoms with van der Waals surface area (Å²) in [4.78, 5) is 0. The molecule has 3 heteroatoms. The van der Waals surface area contributed by atoms with Crippen LogP contribution in [0.1, 0.15) is 34.4 Å². The lowest BCUT2D eigenvalue weighted by molar-refractivity contribution is 0.626. The topological polar surface area (TPSA) is 0 Å². The zero-order chi connectivity index (χ0) is 12.7. The summed E-state index contributed by atoms with van der Waals surface area (Å²) in [6, 6.07) is 12.4. The molecule has 0 aromatic heterocycles. The highest BCUT2D eigenvalue weighted by Gasteiger charge is 2.30. The molecule has 0 amide bonds. The van der Waals surface area contributed by atoms with Crippen molar-refractivity contribution in [1.29, 1.82) is 0 Å². The van der Waals surface area contributed by atoms with Crippen molar-refractivity contribution in [3.05, 3.63) is 70.0 Å². The lowest BCUT2D eigenvalue weighted by Gasteiger charge is -2.12. The zero-order valence-corrected chi connectivity index (χ0v) is 11.0. The van der Waals surface area contributed by atoms with Gasteiger partial charge in [-0.25, -0.2) is 4.39 Å². The molecule has 0 aliphatic heterocycles. The van der Waals surface area contributed by atoms with Gasteiger partial charge in [-0.15, -0.1) is 11.6 Å². The summed E-state index contributed by atoms with van der Waals surface area (Å²) in [5.74, 6) is -0.00714. The summed E-state index contributed by atoms with van der Waals surface area (Å²) in [7, 11) is 0. The Labute approximate surface area is 115 Å². The van der Waals surface area contributed by atoms with Crippen LogP contribution in [0.25, 0.3) is 0 Å². The minimum absolute atomic E-state index is 0.00678. The summed E-state index contributed by atoms with van der Waals surface area (Å²) in [6.45, 7) is 0. The summed E-state index contributed by atoms with van der Waals surface area (Å²) >= 11 is 12.4. The van der Waals surface area contributed by atoms with Gasteiger partial charge >= 0.3 is 0 Å². The number of hydrogen-bond donors (Lipinski definition) is 0. The van der Waals surface area contributed by atoms with E-state index in [9.17, 15) is 4.39 Å². The monoisotopic (exact) mass is 280 g/mol. The van der Waals surface area contributed by atoms with Gasteiger partial charge < -0.3 is 0 Å². The predicted octanol–water partition coefficient (Wildman–Crippen LogP) is 5.29. The molecule has 0 N–H and O–H groups in total. The first-order valence-corrected chi connectivity index (χ1v) is 6.65. The molecular formula is C15H11Cl2F. The van der Waals surface area contributed by atoms with Gasteiger partial charge in [0.2, 0.25) is 0 Å². The van der Waals surface area contributed by atoms with Gasteiger partial charge in [-0.3, -0.25) is 0 Å². The highest BCUT2D eigenvalue weighted by atomic mass is 35.5. The molecule has 3 rings (SSSR count). The summed E-state index contributed by atoms with van der Waals surface area (Å²) in [6.07, 6.45) is 0.836. The summed E-state index contributed by atoms with van der Waals surface area (Å²) < 4.78 is 13.0. The Morgan fingerprint density at radius 3 is 2.44 bits per heavy atom. The second-order valence-electron chi connectivity index (χ2n) is 4.58. The van der Waals surface area contributed by atoms with Crippen LogP contribution in [0.4, 0.5) is 4.39 Å². The molecule has 0 saturated heterocycles. The van der Waals surface area contributed by atoms with E-state index in [-0.39, 0.29) is 17.1 Å². The van der Waals surface area contributed by atoms with E-state index in [1.54, 1.807) is 0 Å². The van der Waals surface area contributed by atoms with Gasteiger partial charge in [0.25, 0.3) is 0 Å².